The van der Waals surface area contributed by atoms with Crippen LogP contribution in [0.2, 0.25) is 0 Å². The first-order valence-electron chi connectivity index (χ1n) is 12.8. The highest BCUT2D eigenvalue weighted by Crippen LogP contribution is 2.29. The summed E-state index contributed by atoms with van der Waals surface area (Å²) in [5, 5.41) is 1.29. The van der Waals surface area contributed by atoms with E-state index in [9.17, 15) is 0 Å². The number of fused-ring (bicyclic) bond motifs is 1. The van der Waals surface area contributed by atoms with E-state index in [2.05, 4.69) is 137 Å². The molecule has 0 saturated carbocycles. The van der Waals surface area contributed by atoms with Crippen molar-refractivity contribution >= 4 is 22.6 Å². The minimum atomic E-state index is 0.189. The molecule has 0 unspecified atom stereocenters. The number of ether oxygens (including phenoxy) is 1. The molecule has 0 atom stereocenters. The van der Waals surface area contributed by atoms with Crippen molar-refractivity contribution in [2.75, 3.05) is 0 Å². The Kier molecular flexibility index (Phi) is 7.95. The maximum absolute atomic E-state index is 5.79. The molecule has 0 fully saturated rings. The van der Waals surface area contributed by atoms with Gasteiger partial charge in [-0.2, -0.15) is 0 Å². The lowest BCUT2D eigenvalue weighted by Gasteiger charge is -2.11. The molecule has 2 heteroatoms. The van der Waals surface area contributed by atoms with Crippen molar-refractivity contribution in [2.45, 2.75) is 53.7 Å². The highest BCUT2D eigenvalue weighted by Gasteiger charge is 2.12. The van der Waals surface area contributed by atoms with Crippen molar-refractivity contribution in [3.63, 3.8) is 0 Å². The Bertz CT molecular complexity index is 1410. The number of para-hydroxylation sites is 1. The number of aryl methyl sites for hydroxylation is 3. The summed E-state index contributed by atoms with van der Waals surface area (Å²) < 4.78 is 8.24. The quantitative estimate of drug-likeness (QED) is 0.220. The van der Waals surface area contributed by atoms with Crippen LogP contribution < -0.4 is 4.74 Å². The average Bonchev–Trinajstić information content (AvgIpc) is 3.12. The molecule has 0 N–H and O–H groups in total. The number of hydrogen-bond donors (Lipinski definition) is 0. The van der Waals surface area contributed by atoms with Gasteiger partial charge in [0.25, 0.3) is 0 Å². The first-order chi connectivity index (χ1) is 17.3. The van der Waals surface area contributed by atoms with Crippen molar-refractivity contribution in [3.05, 3.63) is 125 Å². The molecule has 184 valence electrons. The highest BCUT2D eigenvalue weighted by atomic mass is 16.5. The lowest BCUT2D eigenvalue weighted by molar-refractivity contribution is 0.242. The van der Waals surface area contributed by atoms with Crippen LogP contribution in [-0.4, -0.2) is 10.7 Å². The van der Waals surface area contributed by atoms with E-state index in [1.807, 2.05) is 0 Å². The molecule has 0 amide bonds. The van der Waals surface area contributed by atoms with Crippen LogP contribution in [0.3, 0.4) is 0 Å². The molecule has 1 aromatic heterocycles. The fourth-order valence-corrected chi connectivity index (χ4v) is 4.78. The predicted molar refractivity (Wildman–Crippen MR) is 156 cm³/mol. The smallest absolute Gasteiger partial charge is 0.119 e. The van der Waals surface area contributed by atoms with E-state index in [4.69, 9.17) is 4.74 Å². The molecule has 0 saturated heterocycles. The molecule has 0 aliphatic heterocycles. The summed E-state index contributed by atoms with van der Waals surface area (Å²) in [6.07, 6.45) is 7.76. The van der Waals surface area contributed by atoms with E-state index in [0.29, 0.717) is 0 Å². The summed E-state index contributed by atoms with van der Waals surface area (Å²) in [6.45, 7) is 15.7. The summed E-state index contributed by atoms with van der Waals surface area (Å²) in [5.74, 6) is 0.927. The lowest BCUT2D eigenvalue weighted by atomic mass is 9.95. The first-order valence-corrected chi connectivity index (χ1v) is 12.8. The zero-order chi connectivity index (χ0) is 25.7. The van der Waals surface area contributed by atoms with Gasteiger partial charge in [-0.05, 0) is 81.5 Å². The van der Waals surface area contributed by atoms with Gasteiger partial charge in [0.2, 0.25) is 0 Å². The molecule has 1 heterocycles. The molecular formula is C34H37NO. The molecule has 4 aromatic rings. The fraction of sp³-hybridized carbons (Fsp3) is 0.235. The van der Waals surface area contributed by atoms with Gasteiger partial charge in [-0.1, -0.05) is 85.0 Å². The zero-order valence-corrected chi connectivity index (χ0v) is 22.2. The summed E-state index contributed by atoms with van der Waals surface area (Å²) in [7, 11) is 0. The van der Waals surface area contributed by atoms with Crippen molar-refractivity contribution in [1.82, 2.24) is 4.57 Å². The third-order valence-corrected chi connectivity index (χ3v) is 6.62. The predicted octanol–water partition coefficient (Wildman–Crippen LogP) is 8.96. The number of aromatic nitrogens is 1. The standard InChI is InChI=1S/C34H37NO/c1-24(2)30(31-13-8-7-12-26(31)5)15-11-16-32-27(6)35(34-17-10-9-14-33(32)34)23-22-28-18-20-29(21-19-28)36-25(3)4/h7-21,25H,1,22-23H2,2-6H3/b16-11+,30-15+. The van der Waals surface area contributed by atoms with Gasteiger partial charge < -0.3 is 9.30 Å². The van der Waals surface area contributed by atoms with Crippen LogP contribution in [0.25, 0.3) is 22.6 Å². The zero-order valence-electron chi connectivity index (χ0n) is 22.2. The van der Waals surface area contributed by atoms with Gasteiger partial charge in [0.05, 0.1) is 6.10 Å². The first kappa shape index (κ1) is 25.3. The molecular weight excluding hydrogens is 438 g/mol. The van der Waals surface area contributed by atoms with E-state index in [-0.39, 0.29) is 6.10 Å². The average molecular weight is 476 g/mol. The van der Waals surface area contributed by atoms with Crippen molar-refractivity contribution in [1.29, 1.82) is 0 Å². The van der Waals surface area contributed by atoms with Gasteiger partial charge >= 0.3 is 0 Å². The van der Waals surface area contributed by atoms with Gasteiger partial charge in [-0.3, -0.25) is 0 Å². The van der Waals surface area contributed by atoms with Crippen LogP contribution in [0.5, 0.6) is 5.75 Å². The van der Waals surface area contributed by atoms with Gasteiger partial charge in [0.1, 0.15) is 5.75 Å². The molecule has 36 heavy (non-hydrogen) atoms. The SMILES string of the molecule is C=C(C)/C(=C\C=C\c1c(C)n(CCc2ccc(OC(C)C)cc2)c2ccccc12)c1ccccc1C. The summed E-state index contributed by atoms with van der Waals surface area (Å²) in [6, 6.07) is 25.7. The van der Waals surface area contributed by atoms with Gasteiger partial charge in [0, 0.05) is 28.7 Å². The van der Waals surface area contributed by atoms with Crippen LogP contribution in [0.15, 0.2) is 97.1 Å². The van der Waals surface area contributed by atoms with Crippen LogP contribution >= 0.6 is 0 Å². The van der Waals surface area contributed by atoms with Crippen LogP contribution in [0.4, 0.5) is 0 Å². The number of nitrogens with zero attached hydrogens (tertiary/aromatic N) is 1. The number of allylic oxidation sites excluding steroid dienone is 4. The fourth-order valence-electron chi connectivity index (χ4n) is 4.78. The largest absolute Gasteiger partial charge is 0.491 e. The lowest BCUT2D eigenvalue weighted by Crippen LogP contribution is -2.06. The number of hydrogen-bond acceptors (Lipinski definition) is 1. The molecule has 0 aliphatic carbocycles. The van der Waals surface area contributed by atoms with Gasteiger partial charge in [0.15, 0.2) is 0 Å². The van der Waals surface area contributed by atoms with Crippen LogP contribution in [0.1, 0.15) is 48.7 Å². The summed E-state index contributed by atoms with van der Waals surface area (Å²) >= 11 is 0. The van der Waals surface area contributed by atoms with E-state index >= 15 is 0 Å². The number of rotatable bonds is 9. The second-order valence-electron chi connectivity index (χ2n) is 9.76. The normalized spacial score (nSPS) is 12.1. The van der Waals surface area contributed by atoms with E-state index < -0.39 is 0 Å². The molecule has 4 rings (SSSR count). The Labute approximate surface area is 216 Å². The van der Waals surface area contributed by atoms with Crippen LogP contribution in [-0.2, 0) is 13.0 Å². The van der Waals surface area contributed by atoms with Gasteiger partial charge in [-0.25, -0.2) is 0 Å². The Hall–Kier alpha value is -3.78. The molecule has 0 radical (unpaired) electrons. The third kappa shape index (κ3) is 5.71. The van der Waals surface area contributed by atoms with E-state index in [1.54, 1.807) is 0 Å². The van der Waals surface area contributed by atoms with Crippen LogP contribution in [0, 0.1) is 13.8 Å². The second-order valence-corrected chi connectivity index (χ2v) is 9.76. The Balaban J connectivity index is 1.61. The maximum Gasteiger partial charge on any atom is 0.119 e. The highest BCUT2D eigenvalue weighted by molar-refractivity contribution is 5.92. The summed E-state index contributed by atoms with van der Waals surface area (Å²) in [4.78, 5) is 0. The topological polar surface area (TPSA) is 14.2 Å². The van der Waals surface area contributed by atoms with E-state index in [0.717, 1.165) is 24.3 Å². The maximum atomic E-state index is 5.79. The Morgan fingerprint density at radius 3 is 2.33 bits per heavy atom. The second kappa shape index (κ2) is 11.3. The number of benzene rings is 3. The Morgan fingerprint density at radius 2 is 1.64 bits per heavy atom. The summed E-state index contributed by atoms with van der Waals surface area (Å²) in [5.41, 5.74) is 9.88. The van der Waals surface area contributed by atoms with E-state index in [1.165, 1.54) is 44.4 Å². The monoisotopic (exact) mass is 475 g/mol. The molecule has 3 aromatic carbocycles. The van der Waals surface area contributed by atoms with Crippen molar-refractivity contribution in [3.8, 4) is 5.75 Å². The minimum Gasteiger partial charge on any atom is -0.491 e. The van der Waals surface area contributed by atoms with Gasteiger partial charge in [-0.15, -0.1) is 0 Å². The third-order valence-electron chi connectivity index (χ3n) is 6.62. The molecule has 0 aliphatic rings. The van der Waals surface area contributed by atoms with Crippen molar-refractivity contribution in [2.24, 2.45) is 0 Å². The molecule has 0 spiro atoms. The minimum absolute atomic E-state index is 0.189. The molecule has 0 bridgehead atoms. The molecule has 2 nitrogen and oxygen atoms in total. The Morgan fingerprint density at radius 1 is 0.944 bits per heavy atom. The van der Waals surface area contributed by atoms with Crippen molar-refractivity contribution < 1.29 is 4.74 Å².